The van der Waals surface area contributed by atoms with Crippen LogP contribution in [-0.2, 0) is 14.6 Å². The molecule has 2 heterocycles. The molecule has 9 nitrogen and oxygen atoms in total. The van der Waals surface area contributed by atoms with Crippen LogP contribution >= 0.6 is 11.3 Å². The topological polar surface area (TPSA) is 127 Å². The quantitative estimate of drug-likeness (QED) is 0.283. The van der Waals surface area contributed by atoms with Gasteiger partial charge in [0.15, 0.2) is 0 Å². The van der Waals surface area contributed by atoms with Crippen molar-refractivity contribution < 1.29 is 17.9 Å². The number of nitrogens with one attached hydrogen (secondary N) is 1. The molecule has 0 aliphatic carbocycles. The van der Waals surface area contributed by atoms with Crippen molar-refractivity contribution in [2.75, 3.05) is 18.2 Å². The third kappa shape index (κ3) is 5.52. The van der Waals surface area contributed by atoms with E-state index in [1.165, 1.54) is 6.08 Å². The first kappa shape index (κ1) is 25.1. The van der Waals surface area contributed by atoms with Crippen molar-refractivity contribution in [3.63, 3.8) is 0 Å². The summed E-state index contributed by atoms with van der Waals surface area (Å²) in [5, 5.41) is 19.5. The molecule has 0 unspecified atom stereocenters. The molecule has 178 valence electrons. The molecule has 2 aromatic heterocycles. The van der Waals surface area contributed by atoms with Gasteiger partial charge in [-0.2, -0.15) is 5.26 Å². The third-order valence-corrected chi connectivity index (χ3v) is 8.28. The molecule has 0 atom stereocenters. The number of carbonyl (C=O) groups is 1. The first-order chi connectivity index (χ1) is 16.1. The Bertz CT molecular complexity index is 1380. The summed E-state index contributed by atoms with van der Waals surface area (Å²) in [4.78, 5) is 12.7. The van der Waals surface area contributed by atoms with E-state index in [9.17, 15) is 18.5 Å². The molecular weight excluding hydrogens is 474 g/mol. The van der Waals surface area contributed by atoms with Gasteiger partial charge < -0.3 is 9.30 Å². The minimum atomic E-state index is -3.58. The van der Waals surface area contributed by atoms with E-state index in [2.05, 4.69) is 15.5 Å². The van der Waals surface area contributed by atoms with Gasteiger partial charge in [0.25, 0.3) is 5.91 Å². The number of aryl methyl sites for hydroxylation is 1. The highest BCUT2D eigenvalue weighted by Gasteiger charge is 2.23. The maximum absolute atomic E-state index is 12.7. The van der Waals surface area contributed by atoms with Crippen molar-refractivity contribution in [3.8, 4) is 17.5 Å². The van der Waals surface area contributed by atoms with E-state index in [0.29, 0.717) is 5.56 Å². The second-order valence-corrected chi connectivity index (χ2v) is 11.2. The van der Waals surface area contributed by atoms with Crippen molar-refractivity contribution >= 4 is 38.3 Å². The molecule has 0 aliphatic rings. The summed E-state index contributed by atoms with van der Waals surface area (Å²) in [6.45, 7) is 7.40. The molecule has 0 fully saturated rings. The van der Waals surface area contributed by atoms with E-state index in [4.69, 9.17) is 4.74 Å². The summed E-state index contributed by atoms with van der Waals surface area (Å²) in [6.07, 6.45) is 1.50. The summed E-state index contributed by atoms with van der Waals surface area (Å²) in [5.74, 6) is -0.0905. The van der Waals surface area contributed by atoms with Crippen molar-refractivity contribution in [3.05, 3.63) is 52.9 Å². The van der Waals surface area contributed by atoms with Crippen LogP contribution in [0.4, 0.5) is 5.13 Å². The van der Waals surface area contributed by atoms with Crippen LogP contribution in [0.25, 0.3) is 11.8 Å². The zero-order valence-electron chi connectivity index (χ0n) is 19.5. The van der Waals surface area contributed by atoms with Crippen LogP contribution in [-0.4, -0.2) is 42.0 Å². The Morgan fingerprint density at radius 3 is 2.53 bits per heavy atom. The van der Waals surface area contributed by atoms with Gasteiger partial charge in [-0.3, -0.25) is 10.1 Å². The molecule has 0 aliphatic heterocycles. The Balaban J connectivity index is 1.84. The van der Waals surface area contributed by atoms with Gasteiger partial charge >= 0.3 is 0 Å². The summed E-state index contributed by atoms with van der Waals surface area (Å²) in [7, 11) is -1.98. The largest absolute Gasteiger partial charge is 0.497 e. The van der Waals surface area contributed by atoms with Crippen molar-refractivity contribution in [2.24, 2.45) is 5.92 Å². The van der Waals surface area contributed by atoms with Crippen LogP contribution in [0.5, 0.6) is 5.75 Å². The average molecular weight is 500 g/mol. The molecule has 1 amide bonds. The first-order valence-electron chi connectivity index (χ1n) is 10.4. The predicted octanol–water partition coefficient (Wildman–Crippen LogP) is 3.93. The summed E-state index contributed by atoms with van der Waals surface area (Å²) >= 11 is 0.761. The molecule has 0 bridgehead atoms. The predicted molar refractivity (Wildman–Crippen MR) is 131 cm³/mol. The normalized spacial score (nSPS) is 12.0. The first-order valence-corrected chi connectivity index (χ1v) is 12.9. The van der Waals surface area contributed by atoms with Gasteiger partial charge in [0, 0.05) is 17.1 Å². The van der Waals surface area contributed by atoms with Gasteiger partial charge in [-0.15, -0.1) is 10.2 Å². The number of methoxy groups -OCH3 is 1. The monoisotopic (exact) mass is 499 g/mol. The fourth-order valence-electron chi connectivity index (χ4n) is 3.43. The lowest BCUT2D eigenvalue weighted by Gasteiger charge is -2.10. The third-order valence-electron chi connectivity index (χ3n) is 4.91. The summed E-state index contributed by atoms with van der Waals surface area (Å²) in [6, 6.07) is 11.3. The zero-order chi connectivity index (χ0) is 25.0. The Morgan fingerprint density at radius 1 is 1.26 bits per heavy atom. The highest BCUT2D eigenvalue weighted by atomic mass is 32.2. The second kappa shape index (κ2) is 10.2. The number of hydrogen-bond donors (Lipinski definition) is 1. The molecular formula is C23H25N5O4S2. The maximum atomic E-state index is 12.7. The van der Waals surface area contributed by atoms with Crippen molar-refractivity contribution in [2.45, 2.75) is 32.0 Å². The van der Waals surface area contributed by atoms with Crippen molar-refractivity contribution in [1.29, 1.82) is 5.26 Å². The number of ether oxygens (including phenoxy) is 1. The zero-order valence-corrected chi connectivity index (χ0v) is 21.1. The highest BCUT2D eigenvalue weighted by molar-refractivity contribution is 7.93. The van der Waals surface area contributed by atoms with Gasteiger partial charge in [-0.1, -0.05) is 25.2 Å². The molecule has 1 aromatic carbocycles. The molecule has 34 heavy (non-hydrogen) atoms. The van der Waals surface area contributed by atoms with Gasteiger partial charge in [-0.05, 0) is 61.7 Å². The number of nitrogens with zero attached hydrogens (tertiary/aromatic N) is 4. The fourth-order valence-corrected chi connectivity index (χ4v) is 6.03. The molecule has 3 rings (SSSR count). The highest BCUT2D eigenvalue weighted by Crippen LogP contribution is 2.26. The Hall–Kier alpha value is -3.49. The van der Waals surface area contributed by atoms with Crippen LogP contribution in [0.15, 0.2) is 40.2 Å². The number of benzene rings is 1. The van der Waals surface area contributed by atoms with Gasteiger partial charge in [0.1, 0.15) is 17.4 Å². The number of aromatic nitrogens is 3. The minimum absolute atomic E-state index is 0.0113. The number of anilines is 1. The number of rotatable bonds is 8. The number of amides is 1. The lowest BCUT2D eigenvalue weighted by Crippen LogP contribution is -2.13. The Morgan fingerprint density at radius 2 is 1.94 bits per heavy atom. The van der Waals surface area contributed by atoms with E-state index in [1.807, 2.05) is 54.8 Å². The van der Waals surface area contributed by atoms with E-state index in [0.717, 1.165) is 34.2 Å². The molecule has 0 saturated heterocycles. The smallest absolute Gasteiger partial charge is 0.268 e. The molecule has 0 radical (unpaired) electrons. The Labute approximate surface area is 202 Å². The summed E-state index contributed by atoms with van der Waals surface area (Å²) in [5.41, 5.74) is 3.26. The molecule has 1 N–H and O–H groups in total. The molecule has 0 saturated carbocycles. The number of nitriles is 1. The molecule has 3 aromatic rings. The van der Waals surface area contributed by atoms with Crippen LogP contribution in [0.2, 0.25) is 0 Å². The van der Waals surface area contributed by atoms with E-state index in [-0.39, 0.29) is 26.7 Å². The average Bonchev–Trinajstić information content (AvgIpc) is 3.35. The number of sulfone groups is 1. The SMILES string of the molecule is COc1ccc(-n2c(C)cc(C=C(C#N)C(=O)Nc3nnc(S(=O)(=O)CC(C)C)s3)c2C)cc1. The lowest BCUT2D eigenvalue weighted by molar-refractivity contribution is -0.112. The number of carbonyl (C=O) groups excluding carboxylic acids is 1. The second-order valence-electron chi connectivity index (χ2n) is 8.03. The lowest BCUT2D eigenvalue weighted by atomic mass is 10.1. The van der Waals surface area contributed by atoms with Crippen LogP contribution in [0.1, 0.15) is 30.8 Å². The summed E-state index contributed by atoms with van der Waals surface area (Å²) < 4.78 is 31.7. The van der Waals surface area contributed by atoms with Crippen molar-refractivity contribution in [1.82, 2.24) is 14.8 Å². The van der Waals surface area contributed by atoms with Crippen LogP contribution in [0, 0.1) is 31.1 Å². The van der Waals surface area contributed by atoms with Gasteiger partial charge in [0.05, 0.1) is 12.9 Å². The molecule has 0 spiro atoms. The van der Waals surface area contributed by atoms with Gasteiger partial charge in [-0.25, -0.2) is 8.42 Å². The van der Waals surface area contributed by atoms with Crippen LogP contribution < -0.4 is 10.1 Å². The fraction of sp³-hybridized carbons (Fsp3) is 0.304. The minimum Gasteiger partial charge on any atom is -0.497 e. The Kier molecular flexibility index (Phi) is 7.54. The standard InChI is InChI=1S/C23H25N5O4S2/c1-14(2)13-34(30,31)23-27-26-22(33-23)25-21(29)18(12-24)11-17-10-15(3)28(16(17)4)19-6-8-20(32-5)9-7-19/h6-11,14H,13H2,1-5H3,(H,25,26,29). The maximum Gasteiger partial charge on any atom is 0.268 e. The molecule has 11 heteroatoms. The van der Waals surface area contributed by atoms with E-state index >= 15 is 0 Å². The van der Waals surface area contributed by atoms with Crippen LogP contribution in [0.3, 0.4) is 0 Å². The number of hydrogen-bond acceptors (Lipinski definition) is 8. The van der Waals surface area contributed by atoms with E-state index in [1.54, 1.807) is 21.0 Å². The van der Waals surface area contributed by atoms with Gasteiger partial charge in [0.2, 0.25) is 19.3 Å². The van der Waals surface area contributed by atoms with E-state index < -0.39 is 15.7 Å².